The number of sulfonamides is 1. The van der Waals surface area contributed by atoms with Gasteiger partial charge in [0, 0.05) is 4.47 Å². The summed E-state index contributed by atoms with van der Waals surface area (Å²) in [5.74, 6) is 0.230. The predicted molar refractivity (Wildman–Crippen MR) is 125 cm³/mol. The van der Waals surface area contributed by atoms with Crippen LogP contribution in [0.15, 0.2) is 88.2 Å². The molecule has 4 aromatic rings. The second-order valence-electron chi connectivity index (χ2n) is 6.86. The molecule has 6 nitrogen and oxygen atoms in total. The van der Waals surface area contributed by atoms with Crippen LogP contribution in [0.2, 0.25) is 0 Å². The number of nitrogens with one attached hydrogen (secondary N) is 1. The first-order valence-electron chi connectivity index (χ1n) is 9.73. The number of ether oxygens (including phenoxy) is 1. The number of aromatic nitrogens is 2. The zero-order valence-electron chi connectivity index (χ0n) is 16.5. The van der Waals surface area contributed by atoms with Crippen molar-refractivity contribution >= 4 is 42.8 Å². The lowest BCUT2D eigenvalue weighted by molar-refractivity contribution is 0.301. The van der Waals surface area contributed by atoms with Crippen molar-refractivity contribution in [1.82, 2.24) is 9.97 Å². The minimum atomic E-state index is -3.85. The molecule has 1 aromatic heterocycles. The van der Waals surface area contributed by atoms with Crippen LogP contribution in [0.1, 0.15) is 12.0 Å². The third-order valence-corrected chi connectivity index (χ3v) is 6.47. The highest BCUT2D eigenvalue weighted by Gasteiger charge is 2.19. The van der Waals surface area contributed by atoms with Crippen LogP contribution in [0.5, 0.6) is 5.88 Å². The molecule has 4 rings (SSSR count). The average molecular weight is 498 g/mol. The van der Waals surface area contributed by atoms with E-state index in [9.17, 15) is 8.42 Å². The van der Waals surface area contributed by atoms with Crippen molar-refractivity contribution in [1.29, 1.82) is 0 Å². The molecule has 3 aromatic carbocycles. The number of hydrogen-bond acceptors (Lipinski definition) is 5. The fourth-order valence-corrected chi connectivity index (χ4v) is 4.30. The summed E-state index contributed by atoms with van der Waals surface area (Å²) in [4.78, 5) is 9.07. The number of fused-ring (bicyclic) bond motifs is 1. The molecule has 1 N–H and O–H groups in total. The van der Waals surface area contributed by atoms with Crippen molar-refractivity contribution in [3.05, 3.63) is 88.9 Å². The summed E-state index contributed by atoms with van der Waals surface area (Å²) < 4.78 is 34.9. The van der Waals surface area contributed by atoms with Gasteiger partial charge in [-0.05, 0) is 54.8 Å². The van der Waals surface area contributed by atoms with Crippen molar-refractivity contribution in [2.45, 2.75) is 17.7 Å². The molecule has 31 heavy (non-hydrogen) atoms. The summed E-state index contributed by atoms with van der Waals surface area (Å²) in [6.07, 6.45) is 1.61. The fourth-order valence-electron chi connectivity index (χ4n) is 3.04. The normalized spacial score (nSPS) is 11.4. The van der Waals surface area contributed by atoms with Crippen molar-refractivity contribution in [3.63, 3.8) is 0 Å². The number of benzene rings is 3. The standard InChI is InChI=1S/C23H20BrN3O3S/c24-18-12-14-19(15-13-18)31(28,29)27-22-23(26-21-11-5-4-10-20(21)25-22)30-16-6-9-17-7-2-1-3-8-17/h1-5,7-8,10-15H,6,9,16H2,(H,25,27). The topological polar surface area (TPSA) is 81.2 Å². The Morgan fingerprint density at radius 3 is 2.19 bits per heavy atom. The maximum atomic E-state index is 12.9. The molecular weight excluding hydrogens is 478 g/mol. The lowest BCUT2D eigenvalue weighted by Crippen LogP contribution is -2.16. The van der Waals surface area contributed by atoms with Crippen LogP contribution in [-0.2, 0) is 16.4 Å². The lowest BCUT2D eigenvalue weighted by atomic mass is 10.1. The van der Waals surface area contributed by atoms with E-state index in [-0.39, 0.29) is 16.6 Å². The molecule has 0 bridgehead atoms. The molecule has 0 radical (unpaired) electrons. The predicted octanol–water partition coefficient (Wildman–Crippen LogP) is 5.20. The first-order valence-corrected chi connectivity index (χ1v) is 12.0. The van der Waals surface area contributed by atoms with E-state index < -0.39 is 10.0 Å². The molecule has 8 heteroatoms. The maximum Gasteiger partial charge on any atom is 0.263 e. The van der Waals surface area contributed by atoms with E-state index in [1.165, 1.54) is 17.7 Å². The van der Waals surface area contributed by atoms with Crippen LogP contribution < -0.4 is 9.46 Å². The Morgan fingerprint density at radius 1 is 0.839 bits per heavy atom. The molecule has 0 unspecified atom stereocenters. The highest BCUT2D eigenvalue weighted by Crippen LogP contribution is 2.26. The first kappa shape index (κ1) is 21.3. The Hall–Kier alpha value is -2.97. The third-order valence-electron chi connectivity index (χ3n) is 4.58. The highest BCUT2D eigenvalue weighted by atomic mass is 79.9. The number of anilines is 1. The number of nitrogens with zero attached hydrogens (tertiary/aromatic N) is 2. The van der Waals surface area contributed by atoms with Crippen molar-refractivity contribution in [3.8, 4) is 5.88 Å². The number of aryl methyl sites for hydroxylation is 1. The summed E-state index contributed by atoms with van der Waals surface area (Å²) in [5, 5.41) is 0. The Labute approximate surface area is 189 Å². The molecule has 0 atom stereocenters. The fraction of sp³-hybridized carbons (Fsp3) is 0.130. The van der Waals surface area contributed by atoms with Gasteiger partial charge < -0.3 is 4.74 Å². The van der Waals surface area contributed by atoms with E-state index in [1.54, 1.807) is 18.2 Å². The van der Waals surface area contributed by atoms with Gasteiger partial charge in [-0.1, -0.05) is 58.4 Å². The van der Waals surface area contributed by atoms with Crippen LogP contribution >= 0.6 is 15.9 Å². The molecule has 0 aliphatic rings. The van der Waals surface area contributed by atoms with Gasteiger partial charge in [-0.3, -0.25) is 4.72 Å². The maximum absolute atomic E-state index is 12.9. The summed E-state index contributed by atoms with van der Waals surface area (Å²) in [5.41, 5.74) is 2.42. The average Bonchev–Trinajstić information content (AvgIpc) is 2.77. The van der Waals surface area contributed by atoms with Crippen molar-refractivity contribution < 1.29 is 13.2 Å². The van der Waals surface area contributed by atoms with Crippen LogP contribution in [0.3, 0.4) is 0 Å². The molecule has 0 saturated heterocycles. The minimum Gasteiger partial charge on any atom is -0.475 e. The Kier molecular flexibility index (Phi) is 6.48. The highest BCUT2D eigenvalue weighted by molar-refractivity contribution is 9.10. The molecule has 0 amide bonds. The van der Waals surface area contributed by atoms with Crippen LogP contribution in [0.4, 0.5) is 5.82 Å². The monoisotopic (exact) mass is 497 g/mol. The molecule has 0 spiro atoms. The van der Waals surface area contributed by atoms with E-state index >= 15 is 0 Å². The SMILES string of the molecule is O=S(=O)(Nc1nc2ccccc2nc1OCCCc1ccccc1)c1ccc(Br)cc1. The zero-order valence-corrected chi connectivity index (χ0v) is 18.9. The van der Waals surface area contributed by atoms with Gasteiger partial charge in [0.15, 0.2) is 0 Å². The van der Waals surface area contributed by atoms with Gasteiger partial charge in [0.1, 0.15) is 0 Å². The van der Waals surface area contributed by atoms with Gasteiger partial charge in [0.25, 0.3) is 15.9 Å². The number of para-hydroxylation sites is 2. The lowest BCUT2D eigenvalue weighted by Gasteiger charge is -2.13. The molecule has 158 valence electrons. The molecule has 1 heterocycles. The van der Waals surface area contributed by atoms with E-state index in [0.717, 1.165) is 17.3 Å². The van der Waals surface area contributed by atoms with Gasteiger partial charge in [-0.25, -0.2) is 18.4 Å². The van der Waals surface area contributed by atoms with E-state index in [0.29, 0.717) is 17.6 Å². The van der Waals surface area contributed by atoms with Crippen molar-refractivity contribution in [2.75, 3.05) is 11.3 Å². The summed E-state index contributed by atoms with van der Waals surface area (Å²) in [6.45, 7) is 0.384. The van der Waals surface area contributed by atoms with E-state index in [1.807, 2.05) is 36.4 Å². The van der Waals surface area contributed by atoms with Crippen molar-refractivity contribution in [2.24, 2.45) is 0 Å². The summed E-state index contributed by atoms with van der Waals surface area (Å²) >= 11 is 3.31. The molecule has 0 aliphatic carbocycles. The number of hydrogen-bond donors (Lipinski definition) is 1. The third kappa shape index (κ3) is 5.39. The number of rotatable bonds is 8. The van der Waals surface area contributed by atoms with Crippen LogP contribution in [0.25, 0.3) is 11.0 Å². The smallest absolute Gasteiger partial charge is 0.263 e. The largest absolute Gasteiger partial charge is 0.475 e. The summed E-state index contributed by atoms with van der Waals surface area (Å²) in [6, 6.07) is 23.7. The Morgan fingerprint density at radius 2 is 1.48 bits per heavy atom. The quantitative estimate of drug-likeness (QED) is 0.338. The van der Waals surface area contributed by atoms with Crippen LogP contribution in [0, 0.1) is 0 Å². The van der Waals surface area contributed by atoms with E-state index in [4.69, 9.17) is 4.74 Å². The number of halogens is 1. The van der Waals surface area contributed by atoms with Gasteiger partial charge in [-0.2, -0.15) is 0 Å². The first-order chi connectivity index (χ1) is 15.0. The summed E-state index contributed by atoms with van der Waals surface area (Å²) in [7, 11) is -3.85. The second kappa shape index (κ2) is 9.45. The molecule has 0 saturated carbocycles. The van der Waals surface area contributed by atoms with Crippen LogP contribution in [-0.4, -0.2) is 25.0 Å². The van der Waals surface area contributed by atoms with Gasteiger partial charge >= 0.3 is 0 Å². The minimum absolute atomic E-state index is 0.0707. The molecule has 0 fully saturated rings. The zero-order chi connectivity index (χ0) is 21.7. The molecule has 0 aliphatic heterocycles. The van der Waals surface area contributed by atoms with Gasteiger partial charge in [0.05, 0.1) is 22.5 Å². The Balaban J connectivity index is 1.56. The Bertz CT molecular complexity index is 1280. The van der Waals surface area contributed by atoms with Gasteiger partial charge in [0.2, 0.25) is 5.82 Å². The van der Waals surface area contributed by atoms with Gasteiger partial charge in [-0.15, -0.1) is 0 Å². The second-order valence-corrected chi connectivity index (χ2v) is 9.46. The molecular formula is C23H20BrN3O3S. The van der Waals surface area contributed by atoms with E-state index in [2.05, 4.69) is 42.8 Å².